The van der Waals surface area contributed by atoms with Crippen molar-refractivity contribution in [3.63, 3.8) is 0 Å². The zero-order chi connectivity index (χ0) is 12.5. The predicted molar refractivity (Wildman–Crippen MR) is 73.3 cm³/mol. The average Bonchev–Trinajstić information content (AvgIpc) is 2.36. The van der Waals surface area contributed by atoms with Crippen molar-refractivity contribution in [1.29, 1.82) is 0 Å². The first-order chi connectivity index (χ1) is 8.27. The highest BCUT2D eigenvalue weighted by Crippen LogP contribution is 2.20. The summed E-state index contributed by atoms with van der Waals surface area (Å²) >= 11 is 0. The normalized spacial score (nSPS) is 12.4. The number of unbranched alkanes of at least 4 members (excludes halogenated alkanes) is 3. The fourth-order valence-corrected chi connectivity index (χ4v) is 1.94. The molecular weight excluding hydrogens is 210 g/mol. The number of hydrogen-bond acceptors (Lipinski definition) is 2. The maximum atomic E-state index is 6.16. The molecule has 0 fully saturated rings. The number of nitrogens with two attached hydrogens (primary N) is 1. The Bertz CT molecular complexity index is 294. The van der Waals surface area contributed by atoms with Gasteiger partial charge < -0.3 is 10.5 Å². The van der Waals surface area contributed by atoms with Crippen molar-refractivity contribution in [2.75, 3.05) is 6.61 Å². The van der Waals surface area contributed by atoms with Gasteiger partial charge in [-0.3, -0.25) is 0 Å². The van der Waals surface area contributed by atoms with Gasteiger partial charge in [-0.15, -0.1) is 0 Å². The van der Waals surface area contributed by atoms with Crippen LogP contribution in [0, 0.1) is 0 Å². The highest BCUT2D eigenvalue weighted by atomic mass is 16.5. The van der Waals surface area contributed by atoms with Gasteiger partial charge in [0.2, 0.25) is 0 Å². The molecule has 96 valence electrons. The molecule has 0 heterocycles. The van der Waals surface area contributed by atoms with E-state index in [4.69, 9.17) is 10.5 Å². The van der Waals surface area contributed by atoms with E-state index in [9.17, 15) is 0 Å². The lowest BCUT2D eigenvalue weighted by Gasteiger charge is -2.12. The molecule has 0 spiro atoms. The van der Waals surface area contributed by atoms with Gasteiger partial charge in [-0.25, -0.2) is 0 Å². The van der Waals surface area contributed by atoms with Gasteiger partial charge in [0, 0.05) is 6.04 Å². The van der Waals surface area contributed by atoms with Gasteiger partial charge in [-0.2, -0.15) is 0 Å². The van der Waals surface area contributed by atoms with Crippen LogP contribution in [0.25, 0.3) is 0 Å². The maximum Gasteiger partial charge on any atom is 0.119 e. The first-order valence-electron chi connectivity index (χ1n) is 6.76. The summed E-state index contributed by atoms with van der Waals surface area (Å²) in [6, 6.07) is 8.34. The molecule has 0 bridgehead atoms. The molecule has 0 aliphatic rings. The van der Waals surface area contributed by atoms with Crippen LogP contribution in [-0.2, 0) is 0 Å². The monoisotopic (exact) mass is 235 g/mol. The Kier molecular flexibility index (Phi) is 6.71. The van der Waals surface area contributed by atoms with Crippen LogP contribution >= 0.6 is 0 Å². The fourth-order valence-electron chi connectivity index (χ4n) is 1.94. The average molecular weight is 235 g/mol. The quantitative estimate of drug-likeness (QED) is 0.690. The molecule has 2 heteroatoms. The minimum atomic E-state index is 0.169. The third kappa shape index (κ3) is 5.22. The van der Waals surface area contributed by atoms with E-state index in [2.05, 4.69) is 19.1 Å². The molecule has 0 radical (unpaired) electrons. The molecular formula is C15H25NO. The summed E-state index contributed by atoms with van der Waals surface area (Å²) < 4.78 is 5.41. The smallest absolute Gasteiger partial charge is 0.119 e. The van der Waals surface area contributed by atoms with Crippen LogP contribution in [0.5, 0.6) is 5.75 Å². The Morgan fingerprint density at radius 3 is 2.35 bits per heavy atom. The first kappa shape index (κ1) is 14.0. The Balaban J connectivity index is 2.37. The van der Waals surface area contributed by atoms with E-state index in [1.807, 2.05) is 19.1 Å². The van der Waals surface area contributed by atoms with Crippen molar-refractivity contribution >= 4 is 0 Å². The summed E-state index contributed by atoms with van der Waals surface area (Å²) in [5.41, 5.74) is 7.37. The van der Waals surface area contributed by atoms with Gasteiger partial charge in [-0.05, 0) is 31.0 Å². The Labute approximate surface area is 105 Å². The molecule has 0 aromatic heterocycles. The second kappa shape index (κ2) is 8.13. The van der Waals surface area contributed by atoms with E-state index in [0.29, 0.717) is 6.61 Å². The summed E-state index contributed by atoms with van der Waals surface area (Å²) in [6.07, 6.45) is 6.19. The van der Waals surface area contributed by atoms with Crippen LogP contribution in [0.1, 0.15) is 57.6 Å². The third-order valence-electron chi connectivity index (χ3n) is 2.99. The highest BCUT2D eigenvalue weighted by molar-refractivity contribution is 5.28. The van der Waals surface area contributed by atoms with Gasteiger partial charge >= 0.3 is 0 Å². The van der Waals surface area contributed by atoms with Crippen LogP contribution in [0.15, 0.2) is 24.3 Å². The SMILES string of the molecule is CCCCCCC(N)c1ccc(OCC)cc1. The topological polar surface area (TPSA) is 35.2 Å². The molecule has 0 aliphatic heterocycles. The summed E-state index contributed by atoms with van der Waals surface area (Å²) in [7, 11) is 0. The van der Waals surface area contributed by atoms with Crippen LogP contribution in [-0.4, -0.2) is 6.61 Å². The van der Waals surface area contributed by atoms with Gasteiger partial charge in [0.25, 0.3) is 0 Å². The highest BCUT2D eigenvalue weighted by Gasteiger charge is 2.05. The fraction of sp³-hybridized carbons (Fsp3) is 0.600. The van der Waals surface area contributed by atoms with Gasteiger partial charge in [0.1, 0.15) is 5.75 Å². The Morgan fingerprint density at radius 2 is 1.76 bits per heavy atom. The van der Waals surface area contributed by atoms with Crippen molar-refractivity contribution in [2.45, 2.75) is 52.0 Å². The molecule has 1 atom stereocenters. The van der Waals surface area contributed by atoms with Gasteiger partial charge in [0.05, 0.1) is 6.61 Å². The van der Waals surface area contributed by atoms with E-state index >= 15 is 0 Å². The van der Waals surface area contributed by atoms with E-state index in [1.54, 1.807) is 0 Å². The van der Waals surface area contributed by atoms with Crippen LogP contribution < -0.4 is 10.5 Å². The maximum absolute atomic E-state index is 6.16. The summed E-state index contributed by atoms with van der Waals surface area (Å²) in [6.45, 7) is 4.93. The Morgan fingerprint density at radius 1 is 1.06 bits per heavy atom. The van der Waals surface area contributed by atoms with Gasteiger partial charge in [-0.1, -0.05) is 44.7 Å². The van der Waals surface area contributed by atoms with Gasteiger partial charge in [0.15, 0.2) is 0 Å². The van der Waals surface area contributed by atoms with E-state index < -0.39 is 0 Å². The number of hydrogen-bond donors (Lipinski definition) is 1. The van der Waals surface area contributed by atoms with Crippen molar-refractivity contribution < 1.29 is 4.74 Å². The molecule has 1 rings (SSSR count). The Hall–Kier alpha value is -1.02. The number of benzene rings is 1. The molecule has 2 N–H and O–H groups in total. The predicted octanol–water partition coefficient (Wildman–Crippen LogP) is 4.06. The molecule has 1 unspecified atom stereocenters. The second-order valence-electron chi connectivity index (χ2n) is 4.46. The first-order valence-corrected chi connectivity index (χ1v) is 6.76. The minimum Gasteiger partial charge on any atom is -0.494 e. The lowest BCUT2D eigenvalue weighted by molar-refractivity contribution is 0.340. The van der Waals surface area contributed by atoms with Crippen molar-refractivity contribution in [2.24, 2.45) is 5.73 Å². The molecule has 0 saturated carbocycles. The van der Waals surface area contributed by atoms with Crippen LogP contribution in [0.2, 0.25) is 0 Å². The van der Waals surface area contributed by atoms with Crippen molar-refractivity contribution in [3.05, 3.63) is 29.8 Å². The third-order valence-corrected chi connectivity index (χ3v) is 2.99. The summed E-state index contributed by atoms with van der Waals surface area (Å²) in [5.74, 6) is 0.925. The molecule has 0 saturated heterocycles. The molecule has 0 amide bonds. The van der Waals surface area contributed by atoms with E-state index in [0.717, 1.165) is 12.2 Å². The molecule has 2 nitrogen and oxygen atoms in total. The summed E-state index contributed by atoms with van der Waals surface area (Å²) in [5, 5.41) is 0. The molecule has 1 aromatic carbocycles. The zero-order valence-electron chi connectivity index (χ0n) is 11.1. The lowest BCUT2D eigenvalue weighted by atomic mass is 10.0. The standard InChI is InChI=1S/C15H25NO/c1-3-5-6-7-8-15(16)13-9-11-14(12-10-13)17-4-2/h9-12,15H,3-8,16H2,1-2H3. The molecule has 0 aliphatic carbocycles. The van der Waals surface area contributed by atoms with Crippen LogP contribution in [0.3, 0.4) is 0 Å². The molecule has 17 heavy (non-hydrogen) atoms. The zero-order valence-corrected chi connectivity index (χ0v) is 11.1. The summed E-state index contributed by atoms with van der Waals surface area (Å²) in [4.78, 5) is 0. The molecule has 1 aromatic rings. The van der Waals surface area contributed by atoms with Crippen molar-refractivity contribution in [3.8, 4) is 5.75 Å². The van der Waals surface area contributed by atoms with E-state index in [1.165, 1.54) is 31.2 Å². The van der Waals surface area contributed by atoms with Crippen LogP contribution in [0.4, 0.5) is 0 Å². The number of ether oxygens (including phenoxy) is 1. The minimum absolute atomic E-state index is 0.169. The second-order valence-corrected chi connectivity index (χ2v) is 4.46. The van der Waals surface area contributed by atoms with Crippen molar-refractivity contribution in [1.82, 2.24) is 0 Å². The largest absolute Gasteiger partial charge is 0.494 e. The lowest BCUT2D eigenvalue weighted by Crippen LogP contribution is -2.09. The van der Waals surface area contributed by atoms with E-state index in [-0.39, 0.29) is 6.04 Å². The number of rotatable bonds is 8.